The Kier molecular flexibility index (Phi) is 4.43. The van der Waals surface area contributed by atoms with Crippen LogP contribution in [0.25, 0.3) is 0 Å². The van der Waals surface area contributed by atoms with Crippen LogP contribution in [0.1, 0.15) is 72.4 Å². The minimum atomic E-state index is 0.00643. The fraction of sp³-hybridized carbons (Fsp3) is 0.722. The van der Waals surface area contributed by atoms with Crippen LogP contribution in [0.3, 0.4) is 0 Å². The average molecular weight is 352 g/mol. The highest BCUT2D eigenvalue weighted by atomic mass is 32.2. The molecule has 5 heteroatoms. The van der Waals surface area contributed by atoms with Crippen molar-refractivity contribution < 1.29 is 9.21 Å². The highest BCUT2D eigenvalue weighted by molar-refractivity contribution is 8.20. The molecule has 1 N–H and O–H groups in total. The molecule has 4 rings (SSSR count). The molecule has 2 fully saturated rings. The second kappa shape index (κ2) is 6.40. The first-order valence-corrected chi connectivity index (χ1v) is 10.9. The molecule has 0 unspecified atom stereocenters. The molecule has 1 saturated heterocycles. The number of amides is 1. The molecular weight excluding hydrogens is 326 g/mol. The van der Waals surface area contributed by atoms with Crippen molar-refractivity contribution in [2.24, 2.45) is 0 Å². The van der Waals surface area contributed by atoms with Crippen molar-refractivity contribution >= 4 is 29.4 Å². The smallest absolute Gasteiger partial charge is 0.287 e. The monoisotopic (exact) mass is 351 g/mol. The summed E-state index contributed by atoms with van der Waals surface area (Å²) in [5.41, 5.74) is 2.43. The molecule has 0 bridgehead atoms. The summed E-state index contributed by atoms with van der Waals surface area (Å²) in [5.74, 6) is 4.07. The van der Waals surface area contributed by atoms with Crippen LogP contribution in [-0.4, -0.2) is 23.5 Å². The fourth-order valence-corrected chi connectivity index (χ4v) is 7.87. The van der Waals surface area contributed by atoms with E-state index in [0.29, 0.717) is 11.8 Å². The molecule has 126 valence electrons. The van der Waals surface area contributed by atoms with Crippen LogP contribution in [0.4, 0.5) is 0 Å². The number of aryl methyl sites for hydroxylation is 1. The third-order valence-corrected chi connectivity index (χ3v) is 8.94. The summed E-state index contributed by atoms with van der Waals surface area (Å²) < 4.78 is 6.25. The van der Waals surface area contributed by atoms with Crippen LogP contribution in [-0.2, 0) is 10.5 Å². The first-order valence-electron chi connectivity index (χ1n) is 8.91. The predicted molar refractivity (Wildman–Crippen MR) is 97.3 cm³/mol. The van der Waals surface area contributed by atoms with Gasteiger partial charge >= 0.3 is 0 Å². The Hall–Kier alpha value is -0.550. The summed E-state index contributed by atoms with van der Waals surface area (Å²) in [6.45, 7) is 2.09. The standard InChI is InChI=1S/C18H25NO2S2/c1-12-15-14(8-5-9-18(15)22-10-11-23-18)21-16(12)17(20)19-13-6-3-2-4-7-13/h13H,2-11H2,1H3,(H,19,20). The van der Waals surface area contributed by atoms with Crippen molar-refractivity contribution in [3.63, 3.8) is 0 Å². The molecule has 0 atom stereocenters. The Balaban J connectivity index is 1.60. The third-order valence-electron chi connectivity index (χ3n) is 5.41. The van der Waals surface area contributed by atoms with Gasteiger partial charge in [0.25, 0.3) is 5.91 Å². The van der Waals surface area contributed by atoms with Crippen LogP contribution in [0, 0.1) is 6.92 Å². The highest BCUT2D eigenvalue weighted by Crippen LogP contribution is 2.59. The van der Waals surface area contributed by atoms with Gasteiger partial charge in [-0.3, -0.25) is 4.79 Å². The lowest BCUT2D eigenvalue weighted by atomic mass is 9.93. The predicted octanol–water partition coefficient (Wildman–Crippen LogP) is 4.62. The van der Waals surface area contributed by atoms with Crippen LogP contribution >= 0.6 is 23.5 Å². The van der Waals surface area contributed by atoms with E-state index in [2.05, 4.69) is 35.8 Å². The number of thioether (sulfide) groups is 2. The maximum Gasteiger partial charge on any atom is 0.287 e. The topological polar surface area (TPSA) is 42.2 Å². The van der Waals surface area contributed by atoms with Gasteiger partial charge in [-0.1, -0.05) is 19.3 Å². The van der Waals surface area contributed by atoms with E-state index in [0.717, 1.165) is 30.6 Å². The normalized spacial score (nSPS) is 23.9. The van der Waals surface area contributed by atoms with Gasteiger partial charge in [0.05, 0.1) is 4.08 Å². The minimum Gasteiger partial charge on any atom is -0.455 e. The number of rotatable bonds is 2. The van der Waals surface area contributed by atoms with Crippen LogP contribution in [0.15, 0.2) is 4.42 Å². The Morgan fingerprint density at radius 1 is 1.17 bits per heavy atom. The van der Waals surface area contributed by atoms with Crippen molar-refractivity contribution in [3.05, 3.63) is 22.6 Å². The van der Waals surface area contributed by atoms with Gasteiger partial charge in [0, 0.05) is 35.1 Å². The van der Waals surface area contributed by atoms with Gasteiger partial charge in [0.2, 0.25) is 0 Å². The molecule has 1 spiro atoms. The average Bonchev–Trinajstić information content (AvgIpc) is 3.15. The molecule has 1 amide bonds. The Labute approximate surface area is 146 Å². The summed E-state index contributed by atoms with van der Waals surface area (Å²) in [5, 5.41) is 3.22. The first kappa shape index (κ1) is 15.9. The molecule has 0 radical (unpaired) electrons. The van der Waals surface area contributed by atoms with Crippen molar-refractivity contribution in [3.8, 4) is 0 Å². The summed E-state index contributed by atoms with van der Waals surface area (Å²) in [4.78, 5) is 12.7. The molecule has 1 aromatic heterocycles. The molecule has 1 aromatic rings. The van der Waals surface area contributed by atoms with Gasteiger partial charge in [0.1, 0.15) is 5.76 Å². The maximum atomic E-state index is 12.7. The molecule has 3 nitrogen and oxygen atoms in total. The Morgan fingerprint density at radius 2 is 1.91 bits per heavy atom. The number of hydrogen-bond acceptors (Lipinski definition) is 4. The molecule has 1 saturated carbocycles. The van der Waals surface area contributed by atoms with Crippen molar-refractivity contribution in [2.75, 3.05) is 11.5 Å². The number of carbonyl (C=O) groups is 1. The molecule has 2 heterocycles. The van der Waals surface area contributed by atoms with Gasteiger partial charge in [-0.05, 0) is 32.6 Å². The van der Waals surface area contributed by atoms with Crippen molar-refractivity contribution in [1.29, 1.82) is 0 Å². The minimum absolute atomic E-state index is 0.00643. The second-order valence-electron chi connectivity index (χ2n) is 6.97. The maximum absolute atomic E-state index is 12.7. The second-order valence-corrected chi connectivity index (χ2v) is 10.0. The fourth-order valence-electron chi connectivity index (χ4n) is 4.31. The van der Waals surface area contributed by atoms with Crippen LogP contribution in [0.5, 0.6) is 0 Å². The SMILES string of the molecule is Cc1c(C(=O)NC2CCCCC2)oc2c1C1(CCC2)SCCS1. The molecule has 0 aromatic carbocycles. The first-order chi connectivity index (χ1) is 11.2. The zero-order valence-electron chi connectivity index (χ0n) is 13.8. The number of furan rings is 1. The molecule has 1 aliphatic heterocycles. The quantitative estimate of drug-likeness (QED) is 0.844. The molecule has 2 aliphatic carbocycles. The Bertz CT molecular complexity index is 598. The zero-order chi connectivity index (χ0) is 15.9. The lowest BCUT2D eigenvalue weighted by Gasteiger charge is -2.31. The van der Waals surface area contributed by atoms with E-state index in [1.54, 1.807) is 0 Å². The van der Waals surface area contributed by atoms with E-state index >= 15 is 0 Å². The van der Waals surface area contributed by atoms with E-state index in [9.17, 15) is 4.79 Å². The number of hydrogen-bond donors (Lipinski definition) is 1. The summed E-state index contributed by atoms with van der Waals surface area (Å²) >= 11 is 4.11. The molecule has 23 heavy (non-hydrogen) atoms. The van der Waals surface area contributed by atoms with E-state index < -0.39 is 0 Å². The number of nitrogens with one attached hydrogen (secondary N) is 1. The lowest BCUT2D eigenvalue weighted by Crippen LogP contribution is -2.36. The summed E-state index contributed by atoms with van der Waals surface area (Å²) in [7, 11) is 0. The van der Waals surface area contributed by atoms with Gasteiger partial charge in [0.15, 0.2) is 5.76 Å². The molecule has 3 aliphatic rings. The van der Waals surface area contributed by atoms with Gasteiger partial charge in [-0.2, -0.15) is 0 Å². The molecular formula is C18H25NO2S2. The van der Waals surface area contributed by atoms with Crippen LogP contribution in [0.2, 0.25) is 0 Å². The van der Waals surface area contributed by atoms with Gasteiger partial charge in [-0.25, -0.2) is 0 Å². The third kappa shape index (κ3) is 2.84. The van der Waals surface area contributed by atoms with E-state index in [4.69, 9.17) is 4.42 Å². The van der Waals surface area contributed by atoms with Crippen molar-refractivity contribution in [1.82, 2.24) is 5.32 Å². The summed E-state index contributed by atoms with van der Waals surface area (Å²) in [6, 6.07) is 0.335. The van der Waals surface area contributed by atoms with E-state index in [1.807, 2.05) is 0 Å². The number of fused-ring (bicyclic) bond motifs is 2. The van der Waals surface area contributed by atoms with Crippen LogP contribution < -0.4 is 5.32 Å². The van der Waals surface area contributed by atoms with Crippen molar-refractivity contribution in [2.45, 2.75) is 68.4 Å². The van der Waals surface area contributed by atoms with Gasteiger partial charge < -0.3 is 9.73 Å². The Morgan fingerprint density at radius 3 is 2.65 bits per heavy atom. The van der Waals surface area contributed by atoms with Gasteiger partial charge in [-0.15, -0.1) is 23.5 Å². The van der Waals surface area contributed by atoms with E-state index in [1.165, 1.54) is 49.2 Å². The number of carbonyl (C=O) groups excluding carboxylic acids is 1. The summed E-state index contributed by atoms with van der Waals surface area (Å²) in [6.07, 6.45) is 9.35. The highest BCUT2D eigenvalue weighted by Gasteiger charge is 2.45. The zero-order valence-corrected chi connectivity index (χ0v) is 15.4. The van der Waals surface area contributed by atoms with E-state index in [-0.39, 0.29) is 9.99 Å². The lowest BCUT2D eigenvalue weighted by molar-refractivity contribution is 0.0896. The largest absolute Gasteiger partial charge is 0.455 e.